The summed E-state index contributed by atoms with van der Waals surface area (Å²) in [6.45, 7) is 9.43. The molecule has 1 rings (SSSR count). The maximum Gasteiger partial charge on any atom is 0.340 e. The van der Waals surface area contributed by atoms with E-state index < -0.39 is 5.97 Å². The predicted molar refractivity (Wildman–Crippen MR) is 67.3 cm³/mol. The van der Waals surface area contributed by atoms with Crippen molar-refractivity contribution in [3.05, 3.63) is 54.6 Å². The van der Waals surface area contributed by atoms with Gasteiger partial charge in [-0.2, -0.15) is 0 Å². The van der Waals surface area contributed by atoms with E-state index in [1.807, 2.05) is 31.2 Å². The van der Waals surface area contributed by atoms with E-state index in [1.165, 1.54) is 0 Å². The van der Waals surface area contributed by atoms with Gasteiger partial charge in [-0.15, -0.1) is 6.58 Å². The molecule has 0 fully saturated rings. The smallest absolute Gasteiger partial charge is 0.340 e. The summed E-state index contributed by atoms with van der Waals surface area (Å²) in [6.07, 6.45) is 1.59. The Hall–Kier alpha value is -1.87. The second kappa shape index (κ2) is 6.66. The molecule has 0 radical (unpaired) electrons. The Morgan fingerprint density at radius 2 is 2.00 bits per heavy atom. The zero-order chi connectivity index (χ0) is 12.7. The molecule has 1 aromatic carbocycles. The van der Waals surface area contributed by atoms with E-state index in [4.69, 9.17) is 9.47 Å². The van der Waals surface area contributed by atoms with Crippen LogP contribution in [0.1, 0.15) is 11.1 Å². The number of carbonyl (C=O) groups excluding carboxylic acids is 1. The van der Waals surface area contributed by atoms with Gasteiger partial charge < -0.3 is 9.47 Å². The zero-order valence-corrected chi connectivity index (χ0v) is 9.94. The van der Waals surface area contributed by atoms with Crippen molar-refractivity contribution < 1.29 is 14.3 Å². The van der Waals surface area contributed by atoms with Gasteiger partial charge in [-0.25, -0.2) is 4.79 Å². The molecule has 90 valence electrons. The van der Waals surface area contributed by atoms with Gasteiger partial charge in [0.1, 0.15) is 0 Å². The lowest BCUT2D eigenvalue weighted by molar-refractivity contribution is -0.147. The first-order chi connectivity index (χ1) is 8.15. The topological polar surface area (TPSA) is 35.5 Å². The lowest BCUT2D eigenvalue weighted by Crippen LogP contribution is -2.09. The van der Waals surface area contributed by atoms with Gasteiger partial charge in [0.2, 0.25) is 0 Å². The highest BCUT2D eigenvalue weighted by atomic mass is 16.7. The van der Waals surface area contributed by atoms with Crippen LogP contribution in [0.15, 0.2) is 43.5 Å². The minimum Gasteiger partial charge on any atom is -0.435 e. The number of esters is 1. The van der Waals surface area contributed by atoms with Crippen molar-refractivity contribution in [2.75, 3.05) is 13.4 Å². The maximum absolute atomic E-state index is 11.6. The summed E-state index contributed by atoms with van der Waals surface area (Å²) in [5.41, 5.74) is 2.21. The Balaban J connectivity index is 2.49. The van der Waals surface area contributed by atoms with Gasteiger partial charge in [0.15, 0.2) is 6.79 Å². The van der Waals surface area contributed by atoms with E-state index in [1.54, 1.807) is 6.08 Å². The standard InChI is InChI=1S/C14H16O3/c1-4-9-16-10-17-14(15)12(3)13-7-5-11(2)6-8-13/h4-8H,1,3,9-10H2,2H3. The highest BCUT2D eigenvalue weighted by Crippen LogP contribution is 2.14. The van der Waals surface area contributed by atoms with Crippen LogP contribution in [0.5, 0.6) is 0 Å². The molecule has 3 heteroatoms. The SMILES string of the molecule is C=CCOCOC(=O)C(=C)c1ccc(C)cc1. The fourth-order valence-electron chi connectivity index (χ4n) is 1.19. The average molecular weight is 232 g/mol. The Kier molecular flexibility index (Phi) is 5.17. The zero-order valence-electron chi connectivity index (χ0n) is 9.94. The first-order valence-corrected chi connectivity index (χ1v) is 5.27. The third-order valence-electron chi connectivity index (χ3n) is 2.16. The van der Waals surface area contributed by atoms with Crippen molar-refractivity contribution >= 4 is 11.5 Å². The van der Waals surface area contributed by atoms with E-state index in [9.17, 15) is 4.79 Å². The van der Waals surface area contributed by atoms with E-state index in [-0.39, 0.29) is 6.79 Å². The highest BCUT2D eigenvalue weighted by molar-refractivity contribution is 6.15. The molecule has 17 heavy (non-hydrogen) atoms. The van der Waals surface area contributed by atoms with Crippen LogP contribution in [-0.2, 0) is 14.3 Å². The van der Waals surface area contributed by atoms with Gasteiger partial charge in [-0.05, 0) is 12.5 Å². The monoisotopic (exact) mass is 232 g/mol. The number of carbonyl (C=O) groups is 1. The van der Waals surface area contributed by atoms with Crippen LogP contribution >= 0.6 is 0 Å². The van der Waals surface area contributed by atoms with Gasteiger partial charge in [0.25, 0.3) is 0 Å². The summed E-state index contributed by atoms with van der Waals surface area (Å²) in [7, 11) is 0. The molecule has 0 aromatic heterocycles. The van der Waals surface area contributed by atoms with Crippen LogP contribution in [0.3, 0.4) is 0 Å². The fraction of sp³-hybridized carbons (Fsp3) is 0.214. The van der Waals surface area contributed by atoms with E-state index in [0.717, 1.165) is 11.1 Å². The number of ether oxygens (including phenoxy) is 2. The summed E-state index contributed by atoms with van der Waals surface area (Å²) < 4.78 is 9.84. The van der Waals surface area contributed by atoms with Crippen LogP contribution in [0.2, 0.25) is 0 Å². The van der Waals surface area contributed by atoms with Crippen LogP contribution < -0.4 is 0 Å². The lowest BCUT2D eigenvalue weighted by Gasteiger charge is -2.07. The third kappa shape index (κ3) is 4.25. The van der Waals surface area contributed by atoms with E-state index in [0.29, 0.717) is 12.2 Å². The molecule has 0 bridgehead atoms. The number of hydrogen-bond donors (Lipinski definition) is 0. The van der Waals surface area contributed by atoms with E-state index >= 15 is 0 Å². The summed E-state index contributed by atoms with van der Waals surface area (Å²) in [4.78, 5) is 11.6. The molecular weight excluding hydrogens is 216 g/mol. The molecule has 0 unspecified atom stereocenters. The molecule has 0 amide bonds. The van der Waals surface area contributed by atoms with Crippen molar-refractivity contribution in [1.82, 2.24) is 0 Å². The predicted octanol–water partition coefficient (Wildman–Crippen LogP) is 2.71. The van der Waals surface area contributed by atoms with Gasteiger partial charge in [0, 0.05) is 0 Å². The van der Waals surface area contributed by atoms with Gasteiger partial charge >= 0.3 is 5.97 Å². The number of aryl methyl sites for hydroxylation is 1. The molecule has 0 aliphatic rings. The minimum absolute atomic E-state index is 0.0876. The average Bonchev–Trinajstić information content (AvgIpc) is 2.34. The van der Waals surface area contributed by atoms with Crippen molar-refractivity contribution in [2.45, 2.75) is 6.92 Å². The van der Waals surface area contributed by atoms with Gasteiger partial charge in [-0.3, -0.25) is 0 Å². The second-order valence-corrected chi connectivity index (χ2v) is 3.55. The number of hydrogen-bond acceptors (Lipinski definition) is 3. The van der Waals surface area contributed by atoms with Crippen LogP contribution in [0.25, 0.3) is 5.57 Å². The molecule has 0 aliphatic carbocycles. The summed E-state index contributed by atoms with van der Waals surface area (Å²) >= 11 is 0. The molecule has 0 saturated carbocycles. The Morgan fingerprint density at radius 1 is 1.35 bits per heavy atom. The Labute approximate surface area is 101 Å². The lowest BCUT2D eigenvalue weighted by atomic mass is 10.1. The second-order valence-electron chi connectivity index (χ2n) is 3.55. The molecule has 0 N–H and O–H groups in total. The first-order valence-electron chi connectivity index (χ1n) is 5.27. The third-order valence-corrected chi connectivity index (χ3v) is 2.16. The van der Waals surface area contributed by atoms with Crippen LogP contribution in [0, 0.1) is 6.92 Å². The molecule has 0 saturated heterocycles. The van der Waals surface area contributed by atoms with Gasteiger partial charge in [0.05, 0.1) is 12.2 Å². The normalized spacial score (nSPS) is 9.71. The number of rotatable bonds is 6. The van der Waals surface area contributed by atoms with Crippen LogP contribution in [0.4, 0.5) is 0 Å². The maximum atomic E-state index is 11.6. The Morgan fingerprint density at radius 3 is 2.59 bits per heavy atom. The summed E-state index contributed by atoms with van der Waals surface area (Å²) in [5.74, 6) is -0.474. The largest absolute Gasteiger partial charge is 0.435 e. The van der Waals surface area contributed by atoms with Crippen LogP contribution in [-0.4, -0.2) is 19.4 Å². The Bertz CT molecular complexity index is 404. The molecule has 0 atom stereocenters. The van der Waals surface area contributed by atoms with Crippen molar-refractivity contribution in [2.24, 2.45) is 0 Å². The first kappa shape index (κ1) is 13.2. The quantitative estimate of drug-likeness (QED) is 0.249. The molecule has 1 aromatic rings. The molecular formula is C14H16O3. The number of benzene rings is 1. The van der Waals surface area contributed by atoms with Crippen molar-refractivity contribution in [3.63, 3.8) is 0 Å². The highest BCUT2D eigenvalue weighted by Gasteiger charge is 2.10. The molecule has 0 heterocycles. The van der Waals surface area contributed by atoms with Crippen molar-refractivity contribution in [1.29, 1.82) is 0 Å². The van der Waals surface area contributed by atoms with E-state index in [2.05, 4.69) is 13.2 Å². The minimum atomic E-state index is -0.474. The van der Waals surface area contributed by atoms with Crippen molar-refractivity contribution in [3.8, 4) is 0 Å². The molecule has 0 aliphatic heterocycles. The fourth-order valence-corrected chi connectivity index (χ4v) is 1.19. The molecule has 0 spiro atoms. The summed E-state index contributed by atoms with van der Waals surface area (Å²) in [6, 6.07) is 7.51. The molecule has 3 nitrogen and oxygen atoms in total. The van der Waals surface area contributed by atoms with Gasteiger partial charge in [-0.1, -0.05) is 42.5 Å². The summed E-state index contributed by atoms with van der Waals surface area (Å²) in [5, 5.41) is 0.